The number of rotatable bonds is 6. The first kappa shape index (κ1) is 19.6. The van der Waals surface area contributed by atoms with E-state index in [2.05, 4.69) is 5.16 Å². The monoisotopic (exact) mass is 401 g/mol. The normalized spacial score (nSPS) is 11.2. The van der Waals surface area contributed by atoms with Gasteiger partial charge in [-0.25, -0.2) is 4.79 Å². The van der Waals surface area contributed by atoms with Crippen LogP contribution in [0.4, 0.5) is 0 Å². The van der Waals surface area contributed by atoms with Crippen LogP contribution in [0.15, 0.2) is 57.9 Å². The molecule has 0 aliphatic carbocycles. The Hall–Kier alpha value is -3.13. The highest BCUT2D eigenvalue weighted by Crippen LogP contribution is 2.26. The Morgan fingerprint density at radius 2 is 1.82 bits per heavy atom. The number of hydrogen-bond donors (Lipinski definition) is 0. The topological polar surface area (TPSA) is 95.7 Å². The zero-order valence-electron chi connectivity index (χ0n) is 15.6. The summed E-state index contributed by atoms with van der Waals surface area (Å²) in [5.74, 6) is -0.244. The summed E-state index contributed by atoms with van der Waals surface area (Å²) in [6, 6.07) is 12.7. The fourth-order valence-electron chi connectivity index (χ4n) is 2.55. The van der Waals surface area contributed by atoms with Crippen LogP contribution >= 0.6 is 0 Å². The number of ether oxygens (including phenoxy) is 1. The van der Waals surface area contributed by atoms with E-state index in [0.29, 0.717) is 17.0 Å². The third-order valence-electron chi connectivity index (χ3n) is 3.95. The number of nitrogens with zero attached hydrogens (tertiary/aromatic N) is 1. The fourth-order valence-corrected chi connectivity index (χ4v) is 3.82. The van der Waals surface area contributed by atoms with E-state index < -0.39 is 16.1 Å². The van der Waals surface area contributed by atoms with Crippen molar-refractivity contribution >= 4 is 16.1 Å². The van der Waals surface area contributed by atoms with Gasteiger partial charge in [0.25, 0.3) is 0 Å². The summed E-state index contributed by atoms with van der Waals surface area (Å²) in [7, 11) is -4.12. The lowest BCUT2D eigenvalue weighted by Gasteiger charge is -2.12. The van der Waals surface area contributed by atoms with Crippen molar-refractivity contribution in [3.05, 3.63) is 76.7 Å². The molecule has 7 nitrogen and oxygen atoms in total. The van der Waals surface area contributed by atoms with Gasteiger partial charge in [0.1, 0.15) is 28.5 Å². The molecule has 28 heavy (non-hydrogen) atoms. The molecule has 0 atom stereocenters. The van der Waals surface area contributed by atoms with Crippen molar-refractivity contribution in [3.8, 4) is 5.75 Å². The molecule has 0 amide bonds. The van der Waals surface area contributed by atoms with Gasteiger partial charge >= 0.3 is 16.1 Å². The maximum atomic E-state index is 12.7. The van der Waals surface area contributed by atoms with E-state index in [-0.39, 0.29) is 22.8 Å². The van der Waals surface area contributed by atoms with Gasteiger partial charge < -0.3 is 13.4 Å². The Bertz CT molecular complexity index is 1120. The first-order chi connectivity index (χ1) is 13.3. The van der Waals surface area contributed by atoms with E-state index in [0.717, 1.165) is 5.56 Å². The molecular weight excluding hydrogens is 382 g/mol. The van der Waals surface area contributed by atoms with Gasteiger partial charge in [0.2, 0.25) is 0 Å². The van der Waals surface area contributed by atoms with Crippen molar-refractivity contribution in [2.75, 3.05) is 0 Å². The van der Waals surface area contributed by atoms with Gasteiger partial charge in [-0.1, -0.05) is 29.4 Å². The second-order valence-electron chi connectivity index (χ2n) is 6.31. The van der Waals surface area contributed by atoms with Gasteiger partial charge in [-0.05, 0) is 50.1 Å². The SMILES string of the molecule is Cc1ccc(C)c(S(=O)(=O)Oc2ccccc2C(=O)OCc2cc(C)on2)c1. The van der Waals surface area contributed by atoms with Crippen LogP contribution in [-0.4, -0.2) is 19.5 Å². The standard InChI is InChI=1S/C20H19NO6S/c1-13-8-9-14(2)19(10-13)28(23,24)27-18-7-5-4-6-17(18)20(22)25-12-16-11-15(3)26-21-16/h4-11H,12H2,1-3H3. The maximum Gasteiger partial charge on any atom is 0.342 e. The molecule has 0 bridgehead atoms. The average Bonchev–Trinajstić information content (AvgIpc) is 3.07. The smallest absolute Gasteiger partial charge is 0.342 e. The van der Waals surface area contributed by atoms with Crippen molar-refractivity contribution in [1.29, 1.82) is 0 Å². The van der Waals surface area contributed by atoms with Crippen LogP contribution in [0.1, 0.15) is 32.9 Å². The van der Waals surface area contributed by atoms with Crippen molar-refractivity contribution in [2.24, 2.45) is 0 Å². The van der Waals surface area contributed by atoms with Crippen molar-refractivity contribution in [2.45, 2.75) is 32.3 Å². The van der Waals surface area contributed by atoms with Crippen molar-refractivity contribution < 1.29 is 26.7 Å². The van der Waals surface area contributed by atoms with E-state index in [4.69, 9.17) is 13.4 Å². The summed E-state index contributed by atoms with van der Waals surface area (Å²) in [5.41, 5.74) is 1.78. The highest BCUT2D eigenvalue weighted by molar-refractivity contribution is 7.87. The number of carbonyl (C=O) groups excluding carboxylic acids is 1. The summed E-state index contributed by atoms with van der Waals surface area (Å²) in [6.07, 6.45) is 0. The second kappa shape index (κ2) is 7.85. The minimum absolute atomic E-state index is 0.00315. The summed E-state index contributed by atoms with van der Waals surface area (Å²) in [5, 5.41) is 3.74. The van der Waals surface area contributed by atoms with Crippen LogP contribution in [-0.2, 0) is 21.5 Å². The number of para-hydroxylation sites is 1. The molecule has 0 radical (unpaired) electrons. The van der Waals surface area contributed by atoms with Crippen LogP contribution in [0.2, 0.25) is 0 Å². The molecule has 0 aliphatic rings. The zero-order valence-corrected chi connectivity index (χ0v) is 16.4. The predicted octanol–water partition coefficient (Wildman–Crippen LogP) is 3.72. The second-order valence-corrected chi connectivity index (χ2v) is 7.82. The highest BCUT2D eigenvalue weighted by Gasteiger charge is 2.23. The number of carbonyl (C=O) groups is 1. The van der Waals surface area contributed by atoms with Crippen LogP contribution in [0.25, 0.3) is 0 Å². The molecule has 0 saturated carbocycles. The molecular formula is C20H19NO6S. The molecule has 1 aromatic heterocycles. The van der Waals surface area contributed by atoms with Crippen molar-refractivity contribution in [1.82, 2.24) is 5.16 Å². The van der Waals surface area contributed by atoms with E-state index in [1.807, 2.05) is 6.07 Å². The zero-order chi connectivity index (χ0) is 20.3. The molecule has 0 N–H and O–H groups in total. The lowest BCUT2D eigenvalue weighted by Crippen LogP contribution is -2.15. The molecule has 0 aliphatic heterocycles. The average molecular weight is 401 g/mol. The van der Waals surface area contributed by atoms with Gasteiger partial charge in [0.05, 0.1) is 0 Å². The molecule has 0 spiro atoms. The lowest BCUT2D eigenvalue weighted by atomic mass is 10.2. The molecule has 2 aromatic carbocycles. The minimum atomic E-state index is -4.12. The minimum Gasteiger partial charge on any atom is -0.455 e. The third-order valence-corrected chi connectivity index (χ3v) is 5.32. The first-order valence-corrected chi connectivity index (χ1v) is 9.87. The Kier molecular flexibility index (Phi) is 5.51. The van der Waals surface area contributed by atoms with E-state index >= 15 is 0 Å². The maximum absolute atomic E-state index is 12.7. The molecule has 3 aromatic rings. The molecule has 0 saturated heterocycles. The predicted molar refractivity (Wildman–Crippen MR) is 101 cm³/mol. The molecule has 8 heteroatoms. The summed E-state index contributed by atoms with van der Waals surface area (Å²) < 4.78 is 40.9. The third kappa shape index (κ3) is 4.40. The van der Waals surface area contributed by atoms with Gasteiger partial charge in [0, 0.05) is 6.07 Å². The Balaban J connectivity index is 1.83. The number of aryl methyl sites for hydroxylation is 3. The molecule has 146 valence electrons. The highest BCUT2D eigenvalue weighted by atomic mass is 32.2. The number of hydrogen-bond acceptors (Lipinski definition) is 7. The lowest BCUT2D eigenvalue weighted by molar-refractivity contribution is 0.0462. The fraction of sp³-hybridized carbons (Fsp3) is 0.200. The van der Waals surface area contributed by atoms with Gasteiger partial charge in [-0.3, -0.25) is 0 Å². The number of benzene rings is 2. The van der Waals surface area contributed by atoms with Gasteiger partial charge in [0.15, 0.2) is 5.75 Å². The molecule has 1 heterocycles. The summed E-state index contributed by atoms with van der Waals surface area (Å²) in [6.45, 7) is 5.08. The van der Waals surface area contributed by atoms with Gasteiger partial charge in [-0.15, -0.1) is 0 Å². The van der Waals surface area contributed by atoms with Crippen molar-refractivity contribution in [3.63, 3.8) is 0 Å². The Morgan fingerprint density at radius 1 is 1.07 bits per heavy atom. The van der Waals surface area contributed by atoms with Gasteiger partial charge in [-0.2, -0.15) is 8.42 Å². The molecule has 0 fully saturated rings. The van der Waals surface area contributed by atoms with Crippen LogP contribution in [0.5, 0.6) is 5.75 Å². The van der Waals surface area contributed by atoms with E-state index in [9.17, 15) is 13.2 Å². The first-order valence-electron chi connectivity index (χ1n) is 8.46. The number of esters is 1. The van der Waals surface area contributed by atoms with E-state index in [1.165, 1.54) is 18.2 Å². The Labute approximate surface area is 163 Å². The Morgan fingerprint density at radius 3 is 2.54 bits per heavy atom. The van der Waals surface area contributed by atoms with Crippen LogP contribution in [0, 0.1) is 20.8 Å². The van der Waals surface area contributed by atoms with Crippen LogP contribution < -0.4 is 4.18 Å². The summed E-state index contributed by atoms with van der Waals surface area (Å²) in [4.78, 5) is 12.5. The summed E-state index contributed by atoms with van der Waals surface area (Å²) >= 11 is 0. The molecule has 0 unspecified atom stereocenters. The van der Waals surface area contributed by atoms with E-state index in [1.54, 1.807) is 45.0 Å². The largest absolute Gasteiger partial charge is 0.455 e. The molecule has 3 rings (SSSR count). The quantitative estimate of drug-likeness (QED) is 0.459. The number of aromatic nitrogens is 1. The van der Waals surface area contributed by atoms with Crippen LogP contribution in [0.3, 0.4) is 0 Å².